The second-order valence-electron chi connectivity index (χ2n) is 12.5. The Morgan fingerprint density at radius 3 is 2.02 bits per heavy atom. The predicted molar refractivity (Wildman–Crippen MR) is 169 cm³/mol. The van der Waals surface area contributed by atoms with Crippen LogP contribution in [0.3, 0.4) is 0 Å². The quantitative estimate of drug-likeness (QED) is 0.230. The van der Waals surface area contributed by atoms with Gasteiger partial charge in [-0.25, -0.2) is 4.98 Å². The topological polar surface area (TPSA) is 96.8 Å². The molecule has 0 radical (unpaired) electrons. The third kappa shape index (κ3) is 6.02. The van der Waals surface area contributed by atoms with Crippen LogP contribution >= 0.6 is 0 Å². The van der Waals surface area contributed by atoms with Crippen molar-refractivity contribution in [3.8, 4) is 22.4 Å². The first-order valence-electron chi connectivity index (χ1n) is 15.6. The number of nitrogens with one attached hydrogen (secondary N) is 3. The minimum absolute atomic E-state index is 0.00217. The lowest BCUT2D eigenvalue weighted by molar-refractivity contribution is 0.0699. The molecule has 8 nitrogen and oxygen atoms in total. The van der Waals surface area contributed by atoms with Gasteiger partial charge >= 0.3 is 0 Å². The van der Waals surface area contributed by atoms with Crippen molar-refractivity contribution in [3.63, 3.8) is 0 Å². The van der Waals surface area contributed by atoms with Crippen LogP contribution in [0.25, 0.3) is 28.0 Å². The van der Waals surface area contributed by atoms with Gasteiger partial charge in [-0.05, 0) is 99.2 Å². The first kappa shape index (κ1) is 27.7. The summed E-state index contributed by atoms with van der Waals surface area (Å²) < 4.78 is 7.71. The number of hydrogen-bond acceptors (Lipinski definition) is 5. The molecule has 8 heteroatoms. The number of hydrogen-bond donors (Lipinski definition) is 3. The zero-order chi connectivity index (χ0) is 29.5. The van der Waals surface area contributed by atoms with Crippen LogP contribution < -0.4 is 16.0 Å². The standard InChI is InChI=1S/C35H39N5O3/c1-21-15-24(3-9-29(21)34(41)38-27-5-6-27)26-17-31(36-18-23-11-13-43-14-12-23)33-37-19-32(40(33)20-26)25-4-10-30(22(2)16-25)35(42)39-28-7-8-28/h3-4,9-10,15-17,19-20,23,27-28,36H,5-8,11-14,18H2,1-2H3,(H,38,41)(H,39,42). The van der Waals surface area contributed by atoms with Crippen molar-refractivity contribution in [1.29, 1.82) is 0 Å². The fourth-order valence-electron chi connectivity index (χ4n) is 5.95. The zero-order valence-electron chi connectivity index (χ0n) is 24.9. The molecule has 3 heterocycles. The molecule has 0 atom stereocenters. The minimum atomic E-state index is -0.00351. The van der Waals surface area contributed by atoms with Crippen molar-refractivity contribution >= 4 is 23.1 Å². The average Bonchev–Trinajstić information content (AvgIpc) is 3.95. The minimum Gasteiger partial charge on any atom is -0.382 e. The van der Waals surface area contributed by atoms with E-state index >= 15 is 0 Å². The highest BCUT2D eigenvalue weighted by atomic mass is 16.5. The summed E-state index contributed by atoms with van der Waals surface area (Å²) in [4.78, 5) is 30.4. The molecule has 43 heavy (non-hydrogen) atoms. The highest BCUT2D eigenvalue weighted by Crippen LogP contribution is 2.33. The summed E-state index contributed by atoms with van der Waals surface area (Å²) in [5, 5.41) is 9.91. The highest BCUT2D eigenvalue weighted by Gasteiger charge is 2.26. The zero-order valence-corrected chi connectivity index (χ0v) is 24.9. The van der Waals surface area contributed by atoms with Crippen LogP contribution in [0.4, 0.5) is 5.69 Å². The SMILES string of the molecule is Cc1cc(-c2cc(NCC3CCOCC3)c3ncc(-c4ccc(C(=O)NC5CC5)c(C)c4)n3c2)ccc1C(=O)NC1CC1. The molecule has 7 rings (SSSR count). The van der Waals surface area contributed by atoms with Gasteiger partial charge in [-0.2, -0.15) is 0 Å². The van der Waals surface area contributed by atoms with Crippen molar-refractivity contribution in [2.75, 3.05) is 25.1 Å². The number of anilines is 1. The lowest BCUT2D eigenvalue weighted by atomic mass is 9.99. The fraction of sp³-hybridized carbons (Fsp3) is 0.400. The Hall–Kier alpha value is -4.17. The Morgan fingerprint density at radius 1 is 0.814 bits per heavy atom. The van der Waals surface area contributed by atoms with Crippen LogP contribution in [0.1, 0.15) is 70.4 Å². The van der Waals surface area contributed by atoms with Crippen molar-refractivity contribution in [3.05, 3.63) is 77.1 Å². The van der Waals surface area contributed by atoms with E-state index in [1.807, 2.05) is 44.3 Å². The van der Waals surface area contributed by atoms with Gasteiger partial charge in [-0.15, -0.1) is 0 Å². The number of carbonyl (C=O) groups excluding carboxylic acids is 2. The van der Waals surface area contributed by atoms with Gasteiger partial charge < -0.3 is 20.7 Å². The van der Waals surface area contributed by atoms with E-state index < -0.39 is 0 Å². The number of imidazole rings is 1. The number of fused-ring (bicyclic) bond motifs is 1. The number of pyridine rings is 1. The molecule has 0 bridgehead atoms. The molecule has 4 aromatic rings. The third-order valence-corrected chi connectivity index (χ3v) is 8.92. The van der Waals surface area contributed by atoms with E-state index in [2.05, 4.69) is 44.7 Å². The molecule has 2 amide bonds. The lowest BCUT2D eigenvalue weighted by Crippen LogP contribution is -2.26. The van der Waals surface area contributed by atoms with Gasteiger partial charge in [0.1, 0.15) is 0 Å². The van der Waals surface area contributed by atoms with Gasteiger partial charge in [-0.3, -0.25) is 14.0 Å². The molecule has 1 saturated heterocycles. The molecular weight excluding hydrogens is 538 g/mol. The van der Waals surface area contributed by atoms with Gasteiger partial charge in [0, 0.05) is 60.3 Å². The van der Waals surface area contributed by atoms with E-state index in [1.165, 1.54) is 0 Å². The van der Waals surface area contributed by atoms with Crippen LogP contribution in [-0.2, 0) is 4.74 Å². The summed E-state index contributed by atoms with van der Waals surface area (Å²) in [5.41, 5.74) is 9.20. The van der Waals surface area contributed by atoms with Gasteiger partial charge in [0.25, 0.3) is 11.8 Å². The smallest absolute Gasteiger partial charge is 0.251 e. The predicted octanol–water partition coefficient (Wildman–Crippen LogP) is 5.91. The summed E-state index contributed by atoms with van der Waals surface area (Å²) in [6, 6.07) is 14.9. The van der Waals surface area contributed by atoms with Crippen LogP contribution in [0.5, 0.6) is 0 Å². The van der Waals surface area contributed by atoms with Crippen molar-refractivity contribution < 1.29 is 14.3 Å². The summed E-state index contributed by atoms with van der Waals surface area (Å²) in [7, 11) is 0. The number of nitrogens with zero attached hydrogens (tertiary/aromatic N) is 2. The molecule has 2 aromatic heterocycles. The maximum Gasteiger partial charge on any atom is 0.251 e. The van der Waals surface area contributed by atoms with Gasteiger partial charge in [0.05, 0.1) is 17.6 Å². The van der Waals surface area contributed by atoms with E-state index in [4.69, 9.17) is 9.72 Å². The number of carbonyl (C=O) groups is 2. The van der Waals surface area contributed by atoms with E-state index in [-0.39, 0.29) is 11.8 Å². The van der Waals surface area contributed by atoms with E-state index in [1.54, 1.807) is 0 Å². The highest BCUT2D eigenvalue weighted by molar-refractivity contribution is 5.97. The Labute approximate surface area is 252 Å². The summed E-state index contributed by atoms with van der Waals surface area (Å²) in [5.74, 6) is 0.550. The second-order valence-corrected chi connectivity index (χ2v) is 12.5. The first-order valence-corrected chi connectivity index (χ1v) is 15.6. The normalized spacial score (nSPS) is 17.2. The number of benzene rings is 2. The number of aromatic nitrogens is 2. The Kier molecular flexibility index (Phi) is 7.39. The van der Waals surface area contributed by atoms with Crippen molar-refractivity contribution in [1.82, 2.24) is 20.0 Å². The molecule has 1 aliphatic heterocycles. The van der Waals surface area contributed by atoms with Crippen LogP contribution in [0.15, 0.2) is 54.9 Å². The molecule has 2 saturated carbocycles. The van der Waals surface area contributed by atoms with Gasteiger partial charge in [0.2, 0.25) is 0 Å². The van der Waals surface area contributed by atoms with Crippen molar-refractivity contribution in [2.45, 2.75) is 64.5 Å². The fourth-order valence-corrected chi connectivity index (χ4v) is 5.95. The number of aryl methyl sites for hydroxylation is 2. The number of amides is 2. The molecule has 0 unspecified atom stereocenters. The molecule has 3 aliphatic rings. The molecule has 3 N–H and O–H groups in total. The first-order chi connectivity index (χ1) is 20.9. The van der Waals surface area contributed by atoms with Crippen molar-refractivity contribution in [2.24, 2.45) is 5.92 Å². The molecular formula is C35H39N5O3. The maximum atomic E-state index is 12.8. The Balaban J connectivity index is 1.25. The van der Waals surface area contributed by atoms with E-state index in [9.17, 15) is 9.59 Å². The second kappa shape index (κ2) is 11.5. The Bertz CT molecular complexity index is 1700. The van der Waals surface area contributed by atoms with Gasteiger partial charge in [0.15, 0.2) is 5.65 Å². The summed E-state index contributed by atoms with van der Waals surface area (Å²) >= 11 is 0. The molecule has 0 spiro atoms. The average molecular weight is 578 g/mol. The monoisotopic (exact) mass is 577 g/mol. The maximum absolute atomic E-state index is 12.8. The lowest BCUT2D eigenvalue weighted by Gasteiger charge is -2.23. The Morgan fingerprint density at radius 2 is 1.42 bits per heavy atom. The molecule has 2 aliphatic carbocycles. The van der Waals surface area contributed by atoms with Crippen LogP contribution in [0.2, 0.25) is 0 Å². The molecule has 2 aromatic carbocycles. The van der Waals surface area contributed by atoms with E-state index in [0.717, 1.165) is 109 Å². The third-order valence-electron chi connectivity index (χ3n) is 8.92. The van der Waals surface area contributed by atoms with E-state index in [0.29, 0.717) is 23.6 Å². The van der Waals surface area contributed by atoms with Crippen LogP contribution in [0, 0.1) is 19.8 Å². The molecule has 222 valence electrons. The molecule has 3 fully saturated rings. The van der Waals surface area contributed by atoms with Crippen LogP contribution in [-0.4, -0.2) is 53.0 Å². The summed E-state index contributed by atoms with van der Waals surface area (Å²) in [6.45, 7) is 6.46. The largest absolute Gasteiger partial charge is 0.382 e. The van der Waals surface area contributed by atoms with Gasteiger partial charge in [-0.1, -0.05) is 18.2 Å². The summed E-state index contributed by atoms with van der Waals surface area (Å²) in [6.07, 6.45) is 10.4. The number of ether oxygens (including phenoxy) is 1. The number of rotatable bonds is 9.